The maximum Gasteiger partial charge on any atom is 0.307 e. The number of anilines is 1. The molecule has 0 bridgehead atoms. The topological polar surface area (TPSA) is 66.4 Å². The van der Waals surface area contributed by atoms with Crippen LogP contribution >= 0.6 is 0 Å². The van der Waals surface area contributed by atoms with Crippen molar-refractivity contribution < 1.29 is 19.1 Å². The summed E-state index contributed by atoms with van der Waals surface area (Å²) in [7, 11) is 0. The first-order chi connectivity index (χ1) is 10.0. The molecule has 5 heteroatoms. The number of rotatable bonds is 5. The average molecular weight is 287 g/mol. The molecule has 0 atom stereocenters. The van der Waals surface area contributed by atoms with E-state index in [1.807, 2.05) is 0 Å². The van der Waals surface area contributed by atoms with Gasteiger partial charge in [-0.15, -0.1) is 0 Å². The number of carbonyl (C=O) groups excluding carboxylic acids is 1. The highest BCUT2D eigenvalue weighted by Crippen LogP contribution is 2.16. The summed E-state index contributed by atoms with van der Waals surface area (Å²) in [6, 6.07) is 12.4. The van der Waals surface area contributed by atoms with E-state index in [4.69, 9.17) is 5.11 Å². The van der Waals surface area contributed by atoms with E-state index in [0.717, 1.165) is 0 Å². The zero-order valence-corrected chi connectivity index (χ0v) is 11.2. The van der Waals surface area contributed by atoms with Crippen molar-refractivity contribution in [3.05, 3.63) is 65.5 Å². The number of para-hydroxylation sites is 1. The van der Waals surface area contributed by atoms with Crippen LogP contribution in [0.2, 0.25) is 0 Å². The number of hydrogen-bond donors (Lipinski definition) is 2. The highest BCUT2D eigenvalue weighted by molar-refractivity contribution is 5.93. The predicted octanol–water partition coefficient (Wildman–Crippen LogP) is 2.63. The second-order valence-corrected chi connectivity index (χ2v) is 4.58. The van der Waals surface area contributed by atoms with E-state index in [0.29, 0.717) is 16.8 Å². The minimum Gasteiger partial charge on any atom is -0.481 e. The molecule has 0 fully saturated rings. The Morgan fingerprint density at radius 3 is 2.33 bits per heavy atom. The van der Waals surface area contributed by atoms with Crippen molar-refractivity contribution in [2.45, 2.75) is 12.8 Å². The molecule has 2 aromatic rings. The van der Waals surface area contributed by atoms with Gasteiger partial charge in [-0.25, -0.2) is 4.39 Å². The van der Waals surface area contributed by atoms with Gasteiger partial charge in [0.1, 0.15) is 5.82 Å². The fraction of sp³-hybridized carbons (Fsp3) is 0.125. The van der Waals surface area contributed by atoms with Crippen molar-refractivity contribution in [3.63, 3.8) is 0 Å². The van der Waals surface area contributed by atoms with Crippen molar-refractivity contribution >= 4 is 17.6 Å². The first-order valence-corrected chi connectivity index (χ1v) is 6.38. The van der Waals surface area contributed by atoms with Gasteiger partial charge in [-0.2, -0.15) is 0 Å². The van der Waals surface area contributed by atoms with Crippen LogP contribution in [-0.4, -0.2) is 17.0 Å². The number of carboxylic acid groups (broad SMARTS) is 1. The third kappa shape index (κ3) is 4.42. The quantitative estimate of drug-likeness (QED) is 0.888. The van der Waals surface area contributed by atoms with E-state index in [1.165, 1.54) is 24.3 Å². The van der Waals surface area contributed by atoms with Gasteiger partial charge in [0.2, 0.25) is 5.91 Å². The molecule has 0 saturated carbocycles. The van der Waals surface area contributed by atoms with Crippen LogP contribution in [0.1, 0.15) is 11.1 Å². The van der Waals surface area contributed by atoms with Gasteiger partial charge in [0.05, 0.1) is 12.8 Å². The van der Waals surface area contributed by atoms with E-state index >= 15 is 0 Å². The van der Waals surface area contributed by atoms with Crippen molar-refractivity contribution in [2.24, 2.45) is 0 Å². The first kappa shape index (κ1) is 14.7. The lowest BCUT2D eigenvalue weighted by atomic mass is 10.1. The Labute approximate surface area is 121 Å². The van der Waals surface area contributed by atoms with Crippen molar-refractivity contribution in [1.29, 1.82) is 0 Å². The van der Waals surface area contributed by atoms with Crippen LogP contribution in [0.25, 0.3) is 0 Å². The Morgan fingerprint density at radius 1 is 1.00 bits per heavy atom. The molecule has 1 amide bonds. The Balaban J connectivity index is 2.05. The maximum absolute atomic E-state index is 12.8. The Hall–Kier alpha value is -2.69. The average Bonchev–Trinajstić information content (AvgIpc) is 2.43. The van der Waals surface area contributed by atoms with Crippen LogP contribution < -0.4 is 5.32 Å². The normalized spacial score (nSPS) is 10.1. The smallest absolute Gasteiger partial charge is 0.307 e. The summed E-state index contributed by atoms with van der Waals surface area (Å²) in [5, 5.41) is 11.5. The van der Waals surface area contributed by atoms with Crippen LogP contribution in [0.3, 0.4) is 0 Å². The highest BCUT2D eigenvalue weighted by atomic mass is 19.1. The Morgan fingerprint density at radius 2 is 1.67 bits per heavy atom. The molecule has 21 heavy (non-hydrogen) atoms. The van der Waals surface area contributed by atoms with Crippen LogP contribution in [0.15, 0.2) is 48.5 Å². The summed E-state index contributed by atoms with van der Waals surface area (Å²) >= 11 is 0. The predicted molar refractivity (Wildman–Crippen MR) is 76.5 cm³/mol. The molecule has 0 saturated heterocycles. The van der Waals surface area contributed by atoms with Crippen LogP contribution in [0, 0.1) is 5.82 Å². The number of nitrogens with one attached hydrogen (secondary N) is 1. The van der Waals surface area contributed by atoms with Crippen LogP contribution in [-0.2, 0) is 22.4 Å². The van der Waals surface area contributed by atoms with Crippen LogP contribution in [0.4, 0.5) is 10.1 Å². The molecule has 4 nitrogen and oxygen atoms in total. The standard InChI is InChI=1S/C16H14FNO3/c17-13-7-5-11(6-8-13)9-15(19)18-14-4-2-1-3-12(14)10-16(20)21/h1-8H,9-10H2,(H,18,19)(H,20,21). The minimum absolute atomic E-state index is 0.0989. The monoisotopic (exact) mass is 287 g/mol. The number of hydrogen-bond acceptors (Lipinski definition) is 2. The van der Waals surface area contributed by atoms with Crippen LogP contribution in [0.5, 0.6) is 0 Å². The van der Waals surface area contributed by atoms with Crippen molar-refractivity contribution in [2.75, 3.05) is 5.32 Å². The fourth-order valence-corrected chi connectivity index (χ4v) is 1.94. The number of carbonyl (C=O) groups is 2. The Kier molecular flexibility index (Phi) is 4.66. The van der Waals surface area contributed by atoms with Gasteiger partial charge in [-0.1, -0.05) is 30.3 Å². The van der Waals surface area contributed by atoms with E-state index in [9.17, 15) is 14.0 Å². The third-order valence-corrected chi connectivity index (χ3v) is 2.91. The van der Waals surface area contributed by atoms with Gasteiger partial charge in [-0.3, -0.25) is 9.59 Å². The van der Waals surface area contributed by atoms with Gasteiger partial charge in [-0.05, 0) is 29.3 Å². The zero-order chi connectivity index (χ0) is 15.2. The second kappa shape index (κ2) is 6.65. The number of halogens is 1. The number of amides is 1. The molecule has 2 rings (SSSR count). The highest BCUT2D eigenvalue weighted by Gasteiger charge is 2.10. The molecule has 0 spiro atoms. The van der Waals surface area contributed by atoms with Gasteiger partial charge in [0.15, 0.2) is 0 Å². The summed E-state index contributed by atoms with van der Waals surface area (Å²) in [4.78, 5) is 22.7. The van der Waals surface area contributed by atoms with E-state index in [1.54, 1.807) is 24.3 Å². The molecule has 108 valence electrons. The summed E-state index contributed by atoms with van der Waals surface area (Å²) in [5.41, 5.74) is 1.70. The van der Waals surface area contributed by atoms with Gasteiger partial charge in [0.25, 0.3) is 0 Å². The molecule has 0 heterocycles. The first-order valence-electron chi connectivity index (χ1n) is 6.38. The molecule has 0 radical (unpaired) electrons. The van der Waals surface area contributed by atoms with E-state index in [2.05, 4.69) is 5.32 Å². The Bertz CT molecular complexity index is 653. The minimum atomic E-state index is -0.963. The molecule has 0 aromatic heterocycles. The largest absolute Gasteiger partial charge is 0.481 e. The zero-order valence-electron chi connectivity index (χ0n) is 11.2. The van der Waals surface area contributed by atoms with Crippen molar-refractivity contribution in [1.82, 2.24) is 0 Å². The van der Waals surface area contributed by atoms with Gasteiger partial charge >= 0.3 is 5.97 Å². The molecule has 0 aliphatic heterocycles. The SMILES string of the molecule is O=C(O)Cc1ccccc1NC(=O)Cc1ccc(F)cc1. The molecule has 2 N–H and O–H groups in total. The van der Waals surface area contributed by atoms with E-state index in [-0.39, 0.29) is 24.6 Å². The lowest BCUT2D eigenvalue weighted by molar-refractivity contribution is -0.136. The lowest BCUT2D eigenvalue weighted by Crippen LogP contribution is -2.16. The fourth-order valence-electron chi connectivity index (χ4n) is 1.94. The van der Waals surface area contributed by atoms with Gasteiger partial charge in [0, 0.05) is 5.69 Å². The molecule has 0 unspecified atom stereocenters. The maximum atomic E-state index is 12.8. The summed E-state index contributed by atoms with van der Waals surface area (Å²) in [5.74, 6) is -1.60. The lowest BCUT2D eigenvalue weighted by Gasteiger charge is -2.09. The molecule has 0 aliphatic carbocycles. The summed E-state index contributed by atoms with van der Waals surface area (Å²) in [6.45, 7) is 0. The number of carboxylic acids is 1. The number of aliphatic carboxylic acids is 1. The molecule has 2 aromatic carbocycles. The third-order valence-electron chi connectivity index (χ3n) is 2.91. The second-order valence-electron chi connectivity index (χ2n) is 4.58. The van der Waals surface area contributed by atoms with E-state index < -0.39 is 5.97 Å². The molecular weight excluding hydrogens is 273 g/mol. The summed E-state index contributed by atoms with van der Waals surface area (Å²) in [6.07, 6.45) is -0.0608. The number of benzene rings is 2. The van der Waals surface area contributed by atoms with Crippen molar-refractivity contribution in [3.8, 4) is 0 Å². The summed E-state index contributed by atoms with van der Waals surface area (Å²) < 4.78 is 12.8. The van der Waals surface area contributed by atoms with Gasteiger partial charge < -0.3 is 10.4 Å². The molecular formula is C16H14FNO3. The molecule has 0 aliphatic rings.